The highest BCUT2D eigenvalue weighted by Crippen LogP contribution is 2.47. The average Bonchev–Trinajstić information content (AvgIpc) is 2.33. The van der Waals surface area contributed by atoms with Gasteiger partial charge in [0.05, 0.1) is 19.3 Å². The molecule has 18 heavy (non-hydrogen) atoms. The molecular formula is C12H21N3O3. The molecule has 0 radical (unpaired) electrons. The van der Waals surface area contributed by atoms with Crippen LogP contribution in [0.2, 0.25) is 0 Å². The maximum atomic E-state index is 12.7. The molecule has 0 aromatic carbocycles. The van der Waals surface area contributed by atoms with Gasteiger partial charge < -0.3 is 20.6 Å². The number of rotatable bonds is 2. The molecule has 1 aliphatic carbocycles. The molecule has 0 bridgehead atoms. The second-order valence-corrected chi connectivity index (χ2v) is 5.50. The fraction of sp³-hybridized carbons (Fsp3) is 0.833. The molecule has 2 aliphatic rings. The zero-order chi connectivity index (χ0) is 13.3. The Balaban J connectivity index is 2.19. The Morgan fingerprint density at radius 1 is 1.50 bits per heavy atom. The predicted molar refractivity (Wildman–Crippen MR) is 66.2 cm³/mol. The van der Waals surface area contributed by atoms with Crippen molar-refractivity contribution in [3.8, 4) is 0 Å². The first-order valence-corrected chi connectivity index (χ1v) is 6.38. The van der Waals surface area contributed by atoms with Crippen LogP contribution in [0.25, 0.3) is 0 Å². The molecule has 102 valence electrons. The Morgan fingerprint density at radius 2 is 2.17 bits per heavy atom. The lowest BCUT2D eigenvalue weighted by molar-refractivity contribution is -0.152. The van der Waals surface area contributed by atoms with Crippen LogP contribution >= 0.6 is 0 Å². The first-order chi connectivity index (χ1) is 8.51. The highest BCUT2D eigenvalue weighted by molar-refractivity contribution is 6.07. The van der Waals surface area contributed by atoms with Gasteiger partial charge in [-0.15, -0.1) is 0 Å². The summed E-state index contributed by atoms with van der Waals surface area (Å²) in [6.45, 7) is 5.71. The lowest BCUT2D eigenvalue weighted by Crippen LogP contribution is -2.61. The molecule has 2 fully saturated rings. The van der Waals surface area contributed by atoms with Gasteiger partial charge in [0.25, 0.3) is 0 Å². The molecule has 1 saturated carbocycles. The normalized spacial score (nSPS) is 37.2. The van der Waals surface area contributed by atoms with E-state index in [9.17, 15) is 4.79 Å². The fourth-order valence-electron chi connectivity index (χ4n) is 3.02. The van der Waals surface area contributed by atoms with Crippen molar-refractivity contribution in [2.75, 3.05) is 19.8 Å². The summed E-state index contributed by atoms with van der Waals surface area (Å²) in [4.78, 5) is 14.5. The maximum absolute atomic E-state index is 12.7. The van der Waals surface area contributed by atoms with E-state index >= 15 is 0 Å². The van der Waals surface area contributed by atoms with Crippen molar-refractivity contribution >= 4 is 11.7 Å². The average molecular weight is 255 g/mol. The monoisotopic (exact) mass is 255 g/mol. The van der Waals surface area contributed by atoms with E-state index in [0.29, 0.717) is 38.5 Å². The Hall–Kier alpha value is -1.30. The maximum Gasteiger partial charge on any atom is 0.236 e. The predicted octanol–water partition coefficient (Wildman–Crippen LogP) is 0.396. The van der Waals surface area contributed by atoms with Gasteiger partial charge in [0.1, 0.15) is 5.41 Å². The molecule has 1 unspecified atom stereocenters. The van der Waals surface area contributed by atoms with Crippen molar-refractivity contribution in [2.24, 2.45) is 22.2 Å². The summed E-state index contributed by atoms with van der Waals surface area (Å²) in [6.07, 6.45) is 1.32. The number of carbonyl (C=O) groups excluding carboxylic acids is 1. The van der Waals surface area contributed by atoms with E-state index in [0.717, 1.165) is 0 Å². The van der Waals surface area contributed by atoms with E-state index in [-0.39, 0.29) is 17.8 Å². The second kappa shape index (κ2) is 4.76. The molecule has 6 heteroatoms. The molecule has 1 amide bonds. The molecule has 1 saturated heterocycles. The lowest BCUT2D eigenvalue weighted by Gasteiger charge is -2.48. The number of amides is 1. The van der Waals surface area contributed by atoms with Crippen molar-refractivity contribution in [1.29, 1.82) is 0 Å². The van der Waals surface area contributed by atoms with Gasteiger partial charge in [-0.25, -0.2) is 0 Å². The third kappa shape index (κ3) is 1.94. The van der Waals surface area contributed by atoms with Crippen LogP contribution in [-0.4, -0.2) is 47.7 Å². The van der Waals surface area contributed by atoms with Crippen molar-refractivity contribution in [3.05, 3.63) is 0 Å². The van der Waals surface area contributed by atoms with Crippen LogP contribution in [0, 0.1) is 11.3 Å². The zero-order valence-electron chi connectivity index (χ0n) is 10.9. The molecule has 0 aromatic heterocycles. The van der Waals surface area contributed by atoms with Crippen LogP contribution in [0.15, 0.2) is 5.16 Å². The third-order valence-electron chi connectivity index (χ3n) is 4.03. The minimum atomic E-state index is -0.792. The smallest absolute Gasteiger partial charge is 0.236 e. The minimum absolute atomic E-state index is 0.0216. The van der Waals surface area contributed by atoms with E-state index in [4.69, 9.17) is 15.7 Å². The van der Waals surface area contributed by atoms with Gasteiger partial charge in [-0.3, -0.25) is 4.79 Å². The minimum Gasteiger partial charge on any atom is -0.409 e. The number of carbonyl (C=O) groups is 1. The van der Waals surface area contributed by atoms with Crippen molar-refractivity contribution in [1.82, 2.24) is 4.90 Å². The Bertz CT molecular complexity index is 364. The highest BCUT2D eigenvalue weighted by Gasteiger charge is 2.54. The summed E-state index contributed by atoms with van der Waals surface area (Å²) in [5, 5.41) is 12.0. The molecule has 2 rings (SSSR count). The van der Waals surface area contributed by atoms with Gasteiger partial charge in [0, 0.05) is 6.54 Å². The summed E-state index contributed by atoms with van der Waals surface area (Å²) < 4.78 is 5.33. The number of nitrogens with two attached hydrogens (primary N) is 1. The molecule has 1 heterocycles. The zero-order valence-corrected chi connectivity index (χ0v) is 10.9. The highest BCUT2D eigenvalue weighted by atomic mass is 16.5. The molecule has 0 spiro atoms. The number of hydrogen-bond donors (Lipinski definition) is 2. The summed E-state index contributed by atoms with van der Waals surface area (Å²) in [7, 11) is 0. The van der Waals surface area contributed by atoms with E-state index in [2.05, 4.69) is 12.1 Å². The largest absolute Gasteiger partial charge is 0.409 e. The van der Waals surface area contributed by atoms with Gasteiger partial charge in [-0.2, -0.15) is 0 Å². The SMILES string of the molecule is CC1CC(C(=O)N2CCOCC2C)(C(N)=NO)C1. The summed E-state index contributed by atoms with van der Waals surface area (Å²) >= 11 is 0. The van der Waals surface area contributed by atoms with Crippen LogP contribution in [0.4, 0.5) is 0 Å². The van der Waals surface area contributed by atoms with Crippen LogP contribution in [-0.2, 0) is 9.53 Å². The number of nitrogens with zero attached hydrogens (tertiary/aromatic N) is 2. The van der Waals surface area contributed by atoms with Gasteiger partial charge in [-0.05, 0) is 25.7 Å². The van der Waals surface area contributed by atoms with Crippen LogP contribution in [0.1, 0.15) is 26.7 Å². The van der Waals surface area contributed by atoms with Gasteiger partial charge in [0.15, 0.2) is 5.84 Å². The van der Waals surface area contributed by atoms with E-state index in [1.54, 1.807) is 4.90 Å². The standard InChI is InChI=1S/C12H21N3O3/c1-8-5-12(6-8,10(13)14-17)11(16)15-3-4-18-7-9(15)2/h8-9,17H,3-7H2,1-2H3,(H2,13,14). The Kier molecular flexibility index (Phi) is 3.47. The molecular weight excluding hydrogens is 234 g/mol. The Morgan fingerprint density at radius 3 is 2.67 bits per heavy atom. The topological polar surface area (TPSA) is 88.2 Å². The summed E-state index contributed by atoms with van der Waals surface area (Å²) in [5.74, 6) is 0.460. The van der Waals surface area contributed by atoms with E-state index in [1.165, 1.54) is 0 Å². The number of amidine groups is 1. The number of hydrogen-bond acceptors (Lipinski definition) is 4. The molecule has 6 nitrogen and oxygen atoms in total. The van der Waals surface area contributed by atoms with E-state index < -0.39 is 5.41 Å². The Labute approximate surface area is 107 Å². The quantitative estimate of drug-likeness (QED) is 0.323. The summed E-state index contributed by atoms with van der Waals surface area (Å²) in [6, 6.07) is 0.0468. The summed E-state index contributed by atoms with van der Waals surface area (Å²) in [5.41, 5.74) is 4.96. The molecule has 3 N–H and O–H groups in total. The van der Waals surface area contributed by atoms with Crippen LogP contribution in [0.3, 0.4) is 0 Å². The number of oxime groups is 1. The first-order valence-electron chi connectivity index (χ1n) is 6.38. The molecule has 1 aliphatic heterocycles. The number of ether oxygens (including phenoxy) is 1. The van der Waals surface area contributed by atoms with Crippen LogP contribution in [0.5, 0.6) is 0 Å². The van der Waals surface area contributed by atoms with Crippen molar-refractivity contribution in [3.63, 3.8) is 0 Å². The molecule has 1 atom stereocenters. The number of morpholine rings is 1. The second-order valence-electron chi connectivity index (χ2n) is 5.50. The van der Waals surface area contributed by atoms with Crippen molar-refractivity contribution in [2.45, 2.75) is 32.7 Å². The molecule has 0 aromatic rings. The van der Waals surface area contributed by atoms with Crippen LogP contribution < -0.4 is 5.73 Å². The van der Waals surface area contributed by atoms with Crippen molar-refractivity contribution < 1.29 is 14.7 Å². The van der Waals surface area contributed by atoms with E-state index in [1.807, 2.05) is 6.92 Å². The fourth-order valence-corrected chi connectivity index (χ4v) is 3.02. The third-order valence-corrected chi connectivity index (χ3v) is 4.03. The van der Waals surface area contributed by atoms with Gasteiger partial charge in [0.2, 0.25) is 5.91 Å². The van der Waals surface area contributed by atoms with Gasteiger partial charge >= 0.3 is 0 Å². The first kappa shape index (κ1) is 13.1. The lowest BCUT2D eigenvalue weighted by atomic mass is 9.61. The van der Waals surface area contributed by atoms with Gasteiger partial charge in [-0.1, -0.05) is 12.1 Å².